The second kappa shape index (κ2) is 33.2. The normalized spacial score (nSPS) is 9.68. The van der Waals surface area contributed by atoms with Crippen molar-refractivity contribution < 1.29 is 181 Å². The number of phenols is 1. The van der Waals surface area contributed by atoms with Gasteiger partial charge in [0.05, 0.1) is 15.1 Å². The van der Waals surface area contributed by atoms with Gasteiger partial charge in [-0.1, -0.05) is 28.1 Å². The summed E-state index contributed by atoms with van der Waals surface area (Å²) in [4.78, 5) is 11.2. The molecule has 228 valence electrons. The van der Waals surface area contributed by atoms with E-state index in [1.54, 1.807) is 0 Å². The Hall–Kier alpha value is 0.253. The van der Waals surface area contributed by atoms with Crippen LogP contribution in [0.1, 0.15) is 15.6 Å². The average molecular weight is 729 g/mol. The van der Waals surface area contributed by atoms with Crippen molar-refractivity contribution in [1.82, 2.24) is 0 Å². The minimum absolute atomic E-state index is 0. The van der Waals surface area contributed by atoms with Gasteiger partial charge < -0.3 is 41.1 Å². The van der Waals surface area contributed by atoms with Crippen LogP contribution < -0.4 is 122 Å². The van der Waals surface area contributed by atoms with E-state index >= 15 is 0 Å². The Bertz CT molecular complexity index is 878. The number of benzene rings is 2. The quantitative estimate of drug-likeness (QED) is 0.0539. The molecule has 0 aliphatic carbocycles. The Kier molecular flexibility index (Phi) is 38.9. The zero-order valence-corrected chi connectivity index (χ0v) is 29.8. The maximum Gasteiger partial charge on any atom is 1.00 e. The number of hydrogen-bond donors (Lipinski definition) is 3. The zero-order chi connectivity index (χ0) is 31.5. The van der Waals surface area contributed by atoms with Gasteiger partial charge in [-0.2, -0.15) is 0 Å². The molecule has 2 rings (SSSR count). The van der Waals surface area contributed by atoms with Crippen LogP contribution in [0.2, 0.25) is 0 Å². The van der Waals surface area contributed by atoms with Crippen molar-refractivity contribution in [3.63, 3.8) is 0 Å². The van der Waals surface area contributed by atoms with Crippen LogP contribution in [0.25, 0.3) is 0 Å². The van der Waals surface area contributed by atoms with Gasteiger partial charge in [0.15, 0.2) is 0 Å². The summed E-state index contributed by atoms with van der Waals surface area (Å²) in [7, 11) is -1.00. The molecule has 41 heavy (non-hydrogen) atoms. The summed E-state index contributed by atoms with van der Waals surface area (Å²) in [6.45, 7) is 0.329. The van der Waals surface area contributed by atoms with Crippen molar-refractivity contribution in [2.45, 2.75) is 25.6 Å². The number of halogens is 8. The number of aliphatic hydroxyl groups excluding tert-OH is 2. The van der Waals surface area contributed by atoms with E-state index in [1.807, 2.05) is 0 Å². The molecule has 0 aliphatic heterocycles. The molecule has 0 atom stereocenters. The second-order valence-electron chi connectivity index (χ2n) is 5.95. The van der Waals surface area contributed by atoms with Crippen molar-refractivity contribution in [2.75, 3.05) is 32.3 Å². The molecule has 0 spiro atoms. The van der Waals surface area contributed by atoms with Gasteiger partial charge in [-0.15, -0.1) is 26.3 Å². The van der Waals surface area contributed by atoms with Crippen molar-refractivity contribution in [3.8, 4) is 23.0 Å². The molecule has 0 amide bonds. The molecular formula is C22H28BrF7K2O9. The van der Waals surface area contributed by atoms with E-state index in [9.17, 15) is 30.7 Å². The summed E-state index contributed by atoms with van der Waals surface area (Å²) in [5.41, 5.74) is 0. The Morgan fingerprint density at radius 1 is 0.927 bits per heavy atom. The summed E-state index contributed by atoms with van der Waals surface area (Å²) >= 11 is 3.15. The molecule has 0 saturated carbocycles. The number of aliphatic hydroxyl groups is 2. The summed E-state index contributed by atoms with van der Waals surface area (Å²) < 4.78 is 98.2. The van der Waals surface area contributed by atoms with E-state index < -0.39 is 25.6 Å². The summed E-state index contributed by atoms with van der Waals surface area (Å²) in [6.07, 6.45) is -8.14. The van der Waals surface area contributed by atoms with Crippen LogP contribution >= 0.6 is 15.9 Å². The van der Waals surface area contributed by atoms with Gasteiger partial charge in [0, 0.05) is 37.1 Å². The van der Waals surface area contributed by atoms with Crippen molar-refractivity contribution >= 4 is 22.4 Å². The molecule has 0 heterocycles. The van der Waals surface area contributed by atoms with Crippen LogP contribution in [-0.4, -0.2) is 66.8 Å². The first-order valence-corrected chi connectivity index (χ1v) is 11.2. The summed E-state index contributed by atoms with van der Waals surface area (Å²) in [5, 5.41) is 34.6. The number of alkyl halides is 8. The molecule has 3 N–H and O–H groups in total. The molecule has 0 bridgehead atoms. The topological polar surface area (TPSA) is 138 Å². The van der Waals surface area contributed by atoms with Crippen LogP contribution in [0.15, 0.2) is 48.5 Å². The monoisotopic (exact) mass is 727 g/mol. The SMILES string of the molecule is O=CO[O-].OCCCBr.OCCCOc1cccc(OC(F)(F)F)c1.Oc1cccc(OC(F)(F)F)c1.[2H]CF.[H-].[K+].[K+]. The maximum atomic E-state index is 11.9. The minimum atomic E-state index is -4.71. The zero-order valence-electron chi connectivity index (χ0n) is 24.0. The number of carbonyl (C=O) groups is 1. The number of ether oxygens (including phenoxy) is 3. The number of aromatic hydroxyl groups is 1. The van der Waals surface area contributed by atoms with Gasteiger partial charge in [-0.3, -0.25) is 9.18 Å². The third kappa shape index (κ3) is 40.3. The van der Waals surface area contributed by atoms with Crippen LogP contribution in [0.4, 0.5) is 30.7 Å². The van der Waals surface area contributed by atoms with Gasteiger partial charge in [0.2, 0.25) is 0 Å². The first-order valence-electron chi connectivity index (χ1n) is 10.8. The average Bonchev–Trinajstić information content (AvgIpc) is 2.84. The molecule has 0 aromatic heterocycles. The minimum Gasteiger partial charge on any atom is -1.00 e. The summed E-state index contributed by atoms with van der Waals surface area (Å²) in [5.74, 6) is -0.747. The number of rotatable bonds is 9. The van der Waals surface area contributed by atoms with Crippen molar-refractivity contribution in [1.29, 1.82) is 0 Å². The molecule has 0 fully saturated rings. The predicted molar refractivity (Wildman–Crippen MR) is 126 cm³/mol. The fourth-order valence-electron chi connectivity index (χ4n) is 1.76. The third-order valence-electron chi connectivity index (χ3n) is 2.99. The fraction of sp³-hybridized carbons (Fsp3) is 0.409. The molecular weight excluding hydrogens is 699 g/mol. The van der Waals surface area contributed by atoms with Gasteiger partial charge in [0.1, 0.15) is 23.0 Å². The van der Waals surface area contributed by atoms with E-state index in [1.165, 1.54) is 30.3 Å². The number of hydrogen-bond acceptors (Lipinski definition) is 9. The molecule has 2 aromatic rings. The predicted octanol–water partition coefficient (Wildman–Crippen LogP) is -1.46. The van der Waals surface area contributed by atoms with E-state index in [-0.39, 0.29) is 141 Å². The van der Waals surface area contributed by atoms with Gasteiger partial charge in [-0.05, 0) is 30.7 Å². The first-order chi connectivity index (χ1) is 18.7. The van der Waals surface area contributed by atoms with E-state index in [0.29, 0.717) is 13.0 Å². The number of phenolic OH excluding ortho intramolecular Hbond substituents is 1. The van der Waals surface area contributed by atoms with Gasteiger partial charge in [-0.25, -0.2) is 0 Å². The van der Waals surface area contributed by atoms with E-state index in [4.69, 9.17) is 31.5 Å². The molecule has 0 aliphatic rings. The standard InChI is InChI=1S/C10H11F3O3.C7H5F3O2.C3H7BrO.CH3F.CH2O3.2K.H/c11-10(12,13)16-9-4-1-3-8(7-9)15-6-2-5-14;8-7(9,10)12-6-3-1-2-5(11)4-6;4-2-1-3-5;1-2;2-1-4-3;;;/h1,3-4,7,14H,2,5-6H2;1-4,11H;5H,1-3H2;1H3;1,3H;;;/q;;;;;2*+1;-1/p-1/i;;;1D;;;;. The largest absolute Gasteiger partial charge is 1.00 e. The summed E-state index contributed by atoms with van der Waals surface area (Å²) in [6, 6.07) is 9.74. The first kappa shape index (κ1) is 48.2. The van der Waals surface area contributed by atoms with E-state index in [0.717, 1.165) is 30.0 Å². The molecule has 19 heteroatoms. The molecule has 0 unspecified atom stereocenters. The van der Waals surface area contributed by atoms with Crippen LogP contribution in [-0.2, 0) is 9.68 Å². The Balaban J connectivity index is -0.000000112. The maximum absolute atomic E-state index is 11.9. The van der Waals surface area contributed by atoms with Crippen molar-refractivity contribution in [3.05, 3.63) is 48.5 Å². The van der Waals surface area contributed by atoms with E-state index in [2.05, 4.69) is 30.3 Å². The fourth-order valence-corrected chi connectivity index (χ4v) is 2.01. The third-order valence-corrected chi connectivity index (χ3v) is 3.55. The van der Waals surface area contributed by atoms with Crippen LogP contribution in [0, 0.1) is 0 Å². The number of carbonyl (C=O) groups excluding carboxylic acids is 1. The Labute approximate surface area is 328 Å². The van der Waals surface area contributed by atoms with Crippen LogP contribution in [0.5, 0.6) is 23.0 Å². The smallest absolute Gasteiger partial charge is 1.00 e. The van der Waals surface area contributed by atoms with Crippen LogP contribution in [0.3, 0.4) is 0 Å². The molecule has 0 radical (unpaired) electrons. The molecule has 2 aromatic carbocycles. The van der Waals surface area contributed by atoms with Gasteiger partial charge >= 0.3 is 115 Å². The Morgan fingerprint density at radius 2 is 1.34 bits per heavy atom. The van der Waals surface area contributed by atoms with Gasteiger partial charge in [0.25, 0.3) is 6.47 Å². The molecule has 9 nitrogen and oxygen atoms in total. The second-order valence-corrected chi connectivity index (χ2v) is 6.75. The van der Waals surface area contributed by atoms with Crippen molar-refractivity contribution in [2.24, 2.45) is 0 Å². The molecule has 0 saturated heterocycles. The Morgan fingerprint density at radius 3 is 1.68 bits per heavy atom.